The van der Waals surface area contributed by atoms with Gasteiger partial charge < -0.3 is 5.32 Å². The van der Waals surface area contributed by atoms with E-state index in [-0.39, 0.29) is 11.9 Å². The van der Waals surface area contributed by atoms with E-state index in [4.69, 9.17) is 0 Å². The number of carbonyl (C=O) groups excluding carboxylic acids is 1. The third kappa shape index (κ3) is 3.80. The second-order valence-corrected chi connectivity index (χ2v) is 7.13. The average Bonchev–Trinajstić information content (AvgIpc) is 2.77. The third-order valence-corrected chi connectivity index (χ3v) is 5.21. The molecule has 0 aliphatic carbocycles. The SMILES string of the molecule is Cc1cccnc1N(C(=O)c1ccc(-c2ccncc2)cc1)C1CCCNC1. The molecule has 0 saturated carbocycles. The fourth-order valence-electron chi connectivity index (χ4n) is 3.71. The monoisotopic (exact) mass is 372 g/mol. The van der Waals surface area contributed by atoms with Crippen molar-refractivity contribution in [1.29, 1.82) is 0 Å². The summed E-state index contributed by atoms with van der Waals surface area (Å²) in [6, 6.07) is 15.7. The van der Waals surface area contributed by atoms with Crippen LogP contribution >= 0.6 is 0 Å². The number of nitrogens with zero attached hydrogens (tertiary/aromatic N) is 3. The van der Waals surface area contributed by atoms with Crippen LogP contribution in [0.5, 0.6) is 0 Å². The number of piperidine rings is 1. The van der Waals surface area contributed by atoms with Crippen molar-refractivity contribution in [2.24, 2.45) is 0 Å². The molecule has 3 heterocycles. The molecule has 1 aliphatic heterocycles. The molecule has 1 aromatic carbocycles. The van der Waals surface area contributed by atoms with Crippen LogP contribution in [0.25, 0.3) is 11.1 Å². The highest BCUT2D eigenvalue weighted by molar-refractivity contribution is 6.06. The Morgan fingerprint density at radius 1 is 1.04 bits per heavy atom. The van der Waals surface area contributed by atoms with Gasteiger partial charge in [0.05, 0.1) is 6.04 Å². The molecule has 3 aromatic rings. The van der Waals surface area contributed by atoms with Gasteiger partial charge in [-0.1, -0.05) is 18.2 Å². The summed E-state index contributed by atoms with van der Waals surface area (Å²) in [6.45, 7) is 3.79. The first-order valence-electron chi connectivity index (χ1n) is 9.70. The maximum atomic E-state index is 13.5. The summed E-state index contributed by atoms with van der Waals surface area (Å²) in [4.78, 5) is 24.0. The fourth-order valence-corrected chi connectivity index (χ4v) is 3.71. The van der Waals surface area contributed by atoms with Crippen LogP contribution in [-0.2, 0) is 0 Å². The molecule has 0 radical (unpaired) electrons. The number of carbonyl (C=O) groups is 1. The number of aromatic nitrogens is 2. The minimum absolute atomic E-state index is 0.00298. The lowest BCUT2D eigenvalue weighted by atomic mass is 10.0. The van der Waals surface area contributed by atoms with Crippen LogP contribution in [-0.4, -0.2) is 35.0 Å². The predicted molar refractivity (Wildman–Crippen MR) is 111 cm³/mol. The highest BCUT2D eigenvalue weighted by Gasteiger charge is 2.29. The highest BCUT2D eigenvalue weighted by Crippen LogP contribution is 2.26. The number of hydrogen-bond donors (Lipinski definition) is 1. The average molecular weight is 372 g/mol. The van der Waals surface area contributed by atoms with Gasteiger partial charge in [-0.2, -0.15) is 0 Å². The first-order valence-corrected chi connectivity index (χ1v) is 9.70. The van der Waals surface area contributed by atoms with E-state index >= 15 is 0 Å². The van der Waals surface area contributed by atoms with Crippen molar-refractivity contribution in [3.63, 3.8) is 0 Å². The Hall–Kier alpha value is -3.05. The van der Waals surface area contributed by atoms with Crippen LogP contribution in [0.1, 0.15) is 28.8 Å². The number of aryl methyl sites for hydroxylation is 1. The Morgan fingerprint density at radius 2 is 1.79 bits per heavy atom. The van der Waals surface area contributed by atoms with Gasteiger partial charge in [-0.3, -0.25) is 14.7 Å². The van der Waals surface area contributed by atoms with E-state index in [1.807, 2.05) is 60.4 Å². The van der Waals surface area contributed by atoms with Gasteiger partial charge >= 0.3 is 0 Å². The molecular formula is C23H24N4O. The van der Waals surface area contributed by atoms with Gasteiger partial charge in [0, 0.05) is 30.7 Å². The number of nitrogens with one attached hydrogen (secondary N) is 1. The summed E-state index contributed by atoms with van der Waals surface area (Å²) >= 11 is 0. The molecule has 1 aliphatic rings. The van der Waals surface area contributed by atoms with Gasteiger partial charge in [-0.15, -0.1) is 0 Å². The number of pyridine rings is 2. The summed E-state index contributed by atoms with van der Waals surface area (Å²) < 4.78 is 0. The first kappa shape index (κ1) is 18.3. The topological polar surface area (TPSA) is 58.1 Å². The zero-order valence-corrected chi connectivity index (χ0v) is 16.0. The minimum atomic E-state index is -0.00298. The van der Waals surface area contributed by atoms with E-state index in [1.165, 1.54) is 0 Å². The number of rotatable bonds is 4. The Labute approximate surface area is 165 Å². The van der Waals surface area contributed by atoms with Crippen molar-refractivity contribution in [3.05, 3.63) is 78.2 Å². The summed E-state index contributed by atoms with van der Waals surface area (Å²) in [5.74, 6) is 0.746. The quantitative estimate of drug-likeness (QED) is 0.756. The fraction of sp³-hybridized carbons (Fsp3) is 0.261. The van der Waals surface area contributed by atoms with Crippen LogP contribution in [0.3, 0.4) is 0 Å². The second-order valence-electron chi connectivity index (χ2n) is 7.13. The van der Waals surface area contributed by atoms with Crippen LogP contribution in [0.4, 0.5) is 5.82 Å². The van der Waals surface area contributed by atoms with Crippen LogP contribution in [0.15, 0.2) is 67.1 Å². The molecule has 1 unspecified atom stereocenters. The molecule has 5 heteroatoms. The van der Waals surface area contributed by atoms with E-state index in [0.29, 0.717) is 5.56 Å². The van der Waals surface area contributed by atoms with E-state index in [1.54, 1.807) is 18.6 Å². The van der Waals surface area contributed by atoms with E-state index < -0.39 is 0 Å². The third-order valence-electron chi connectivity index (χ3n) is 5.21. The van der Waals surface area contributed by atoms with Crippen LogP contribution in [0, 0.1) is 6.92 Å². The zero-order valence-electron chi connectivity index (χ0n) is 16.0. The molecule has 28 heavy (non-hydrogen) atoms. The molecule has 1 saturated heterocycles. The molecule has 5 nitrogen and oxygen atoms in total. The highest BCUT2D eigenvalue weighted by atomic mass is 16.2. The van der Waals surface area contributed by atoms with E-state index in [9.17, 15) is 4.79 Å². The van der Waals surface area contributed by atoms with Crippen molar-refractivity contribution in [3.8, 4) is 11.1 Å². The maximum Gasteiger partial charge on any atom is 0.259 e. The molecule has 1 atom stereocenters. The number of benzene rings is 1. The molecular weight excluding hydrogens is 348 g/mol. The lowest BCUT2D eigenvalue weighted by Gasteiger charge is -2.34. The summed E-state index contributed by atoms with van der Waals surface area (Å²) in [5, 5.41) is 3.41. The lowest BCUT2D eigenvalue weighted by Crippen LogP contribution is -2.49. The lowest BCUT2D eigenvalue weighted by molar-refractivity contribution is 0.0971. The molecule has 1 N–H and O–H groups in total. The van der Waals surface area contributed by atoms with E-state index in [0.717, 1.165) is 48.4 Å². The van der Waals surface area contributed by atoms with Crippen molar-refractivity contribution in [2.45, 2.75) is 25.8 Å². The van der Waals surface area contributed by atoms with Gasteiger partial charge in [-0.05, 0) is 73.3 Å². The zero-order chi connectivity index (χ0) is 19.3. The Morgan fingerprint density at radius 3 is 2.46 bits per heavy atom. The smallest absolute Gasteiger partial charge is 0.259 e. The summed E-state index contributed by atoms with van der Waals surface area (Å²) in [6.07, 6.45) is 7.34. The predicted octanol–water partition coefficient (Wildman–Crippen LogP) is 3.85. The molecule has 1 amide bonds. The maximum absolute atomic E-state index is 13.5. The van der Waals surface area contributed by atoms with Crippen LogP contribution < -0.4 is 10.2 Å². The van der Waals surface area contributed by atoms with Crippen molar-refractivity contribution < 1.29 is 4.79 Å². The van der Waals surface area contributed by atoms with Crippen molar-refractivity contribution in [1.82, 2.24) is 15.3 Å². The Bertz CT molecular complexity index is 934. The summed E-state index contributed by atoms with van der Waals surface area (Å²) in [7, 11) is 0. The van der Waals surface area contributed by atoms with Gasteiger partial charge in [0.2, 0.25) is 0 Å². The van der Waals surface area contributed by atoms with Crippen LogP contribution in [0.2, 0.25) is 0 Å². The largest absolute Gasteiger partial charge is 0.315 e. The standard InChI is InChI=1S/C23H24N4O/c1-17-4-2-13-26-22(17)27(21-5-3-12-25-16-21)23(28)20-8-6-18(7-9-20)19-10-14-24-15-11-19/h2,4,6-11,13-15,21,25H,3,5,12,16H2,1H3. The Balaban J connectivity index is 1.66. The molecule has 0 spiro atoms. The van der Waals surface area contributed by atoms with Crippen molar-refractivity contribution >= 4 is 11.7 Å². The number of hydrogen-bond acceptors (Lipinski definition) is 4. The van der Waals surface area contributed by atoms with Gasteiger partial charge in [0.1, 0.15) is 5.82 Å². The summed E-state index contributed by atoms with van der Waals surface area (Å²) in [5.41, 5.74) is 3.84. The molecule has 142 valence electrons. The normalized spacial score (nSPS) is 16.5. The molecule has 0 bridgehead atoms. The number of anilines is 1. The van der Waals surface area contributed by atoms with Gasteiger partial charge in [0.15, 0.2) is 0 Å². The van der Waals surface area contributed by atoms with Crippen molar-refractivity contribution in [2.75, 3.05) is 18.0 Å². The van der Waals surface area contributed by atoms with Gasteiger partial charge in [-0.25, -0.2) is 4.98 Å². The molecule has 4 rings (SSSR count). The first-order chi connectivity index (χ1) is 13.7. The van der Waals surface area contributed by atoms with E-state index in [2.05, 4.69) is 15.3 Å². The van der Waals surface area contributed by atoms with Gasteiger partial charge in [0.25, 0.3) is 5.91 Å². The Kier molecular flexibility index (Phi) is 5.44. The minimum Gasteiger partial charge on any atom is -0.315 e. The second kappa shape index (κ2) is 8.31. The molecule has 2 aromatic heterocycles. The molecule has 1 fully saturated rings. The number of amides is 1.